The molecular formula is CFNO. The summed E-state index contributed by atoms with van der Waals surface area (Å²) in [6.07, 6.45) is 1.81. The SMILES string of the molecule is F[O+]1[C-]=N1. The van der Waals surface area contributed by atoms with Gasteiger partial charge in [0.15, 0.2) is 4.53 Å². The molecule has 0 saturated heterocycles. The Morgan fingerprint density at radius 3 is 2.25 bits per heavy atom. The molecule has 2 nitrogen and oxygen atoms in total. The van der Waals surface area contributed by atoms with E-state index in [1.165, 1.54) is 0 Å². The Hall–Kier alpha value is -0.600. The topological polar surface area (TPSA) is 15.1 Å². The molecule has 4 heavy (non-hydrogen) atoms. The second-order valence-corrected chi connectivity index (χ2v) is 0.420. The average Bonchev–Trinajstić information content (AvgIpc) is 1.75. The summed E-state index contributed by atoms with van der Waals surface area (Å²) < 4.78 is 11.3. The van der Waals surface area contributed by atoms with Crippen LogP contribution in [0.25, 0.3) is 0 Å². The van der Waals surface area contributed by atoms with Gasteiger partial charge in [0.25, 0.3) is 0 Å². The minimum absolute atomic E-state index is 0.708. The summed E-state index contributed by atoms with van der Waals surface area (Å²) in [5, 5.41) is 2.74. The van der Waals surface area contributed by atoms with Crippen LogP contribution in [0.3, 0.4) is 0 Å². The Morgan fingerprint density at radius 1 is 2.00 bits per heavy atom. The van der Waals surface area contributed by atoms with E-state index < -0.39 is 0 Å². The smallest absolute Gasteiger partial charge is 0.205 e. The fraction of sp³-hybridized carbons (Fsp3) is 0. The fourth-order valence-electron chi connectivity index (χ4n) is 0.0141. The second-order valence-electron chi connectivity index (χ2n) is 0.420. The molecule has 0 N–H and O–H groups in total. The Balaban J connectivity index is 2.32. The van der Waals surface area contributed by atoms with Crippen molar-refractivity contribution in [2.45, 2.75) is 0 Å². The van der Waals surface area contributed by atoms with Crippen LogP contribution < -0.4 is 0 Å². The Labute approximate surface area is 22.1 Å². The maximum Gasteiger partial charge on any atom is 0.205 e. The Bertz CT molecular complexity index is 46.0. The van der Waals surface area contributed by atoms with Crippen molar-refractivity contribution < 1.29 is 9.20 Å². The van der Waals surface area contributed by atoms with Crippen LogP contribution in [0.15, 0.2) is 5.16 Å². The van der Waals surface area contributed by atoms with Gasteiger partial charge in [0, 0.05) is 0 Å². The molecule has 0 aromatic heterocycles. The van der Waals surface area contributed by atoms with Crippen molar-refractivity contribution in [3.8, 4) is 0 Å². The first-order valence-corrected chi connectivity index (χ1v) is 0.765. The number of halogens is 1. The van der Waals surface area contributed by atoms with E-state index in [0.717, 1.165) is 0 Å². The van der Waals surface area contributed by atoms with Crippen molar-refractivity contribution in [1.29, 1.82) is 0 Å². The van der Waals surface area contributed by atoms with Gasteiger partial charge in [-0.15, -0.1) is 0 Å². The minimum Gasteiger partial charge on any atom is -0.341 e. The van der Waals surface area contributed by atoms with Gasteiger partial charge in [0.1, 0.15) is 0 Å². The van der Waals surface area contributed by atoms with Crippen LogP contribution in [0.2, 0.25) is 0 Å². The van der Waals surface area contributed by atoms with Crippen LogP contribution in [0.4, 0.5) is 4.53 Å². The average molecular weight is 61.0 g/mol. The van der Waals surface area contributed by atoms with E-state index in [1.807, 2.05) is 0 Å². The zero-order chi connectivity index (χ0) is 2.99. The van der Waals surface area contributed by atoms with Crippen molar-refractivity contribution in [3.05, 3.63) is 0 Å². The summed E-state index contributed by atoms with van der Waals surface area (Å²) >= 11 is 0. The molecule has 0 radical (unpaired) electrons. The van der Waals surface area contributed by atoms with Gasteiger partial charge in [0.2, 0.25) is 6.40 Å². The van der Waals surface area contributed by atoms with Crippen LogP contribution in [0.1, 0.15) is 0 Å². The van der Waals surface area contributed by atoms with Crippen LogP contribution >= 0.6 is 0 Å². The summed E-state index contributed by atoms with van der Waals surface area (Å²) in [7, 11) is 0. The first-order chi connectivity index (χ1) is 1.89. The van der Waals surface area contributed by atoms with E-state index in [4.69, 9.17) is 0 Å². The molecule has 1 heterocycles. The van der Waals surface area contributed by atoms with E-state index in [1.54, 1.807) is 6.40 Å². The maximum atomic E-state index is 10.6. The lowest BCUT2D eigenvalue weighted by atomic mass is 11.7. The summed E-state index contributed by atoms with van der Waals surface area (Å²) in [4.78, 5) is 0. The Morgan fingerprint density at radius 2 is 2.25 bits per heavy atom. The number of hydrogen-bond donors (Lipinski definition) is 0. The van der Waals surface area contributed by atoms with Crippen molar-refractivity contribution >= 4 is 6.40 Å². The third kappa shape index (κ3) is 0.0389. The number of rotatable bonds is 0. The van der Waals surface area contributed by atoms with Crippen molar-refractivity contribution in [1.82, 2.24) is 0 Å². The molecule has 0 saturated carbocycles. The fourth-order valence-corrected chi connectivity index (χ4v) is 0.0141. The highest BCUT2D eigenvalue weighted by Crippen LogP contribution is 2.03. The molecule has 0 aliphatic carbocycles. The van der Waals surface area contributed by atoms with Gasteiger partial charge in [-0.1, -0.05) is 0 Å². The lowest BCUT2D eigenvalue weighted by Crippen LogP contribution is -1.53. The van der Waals surface area contributed by atoms with E-state index in [2.05, 4.69) is 5.16 Å². The standard InChI is InChI=1S/CFNO/c2-4-1-3-4. The van der Waals surface area contributed by atoms with Gasteiger partial charge in [0.05, 0.1) is 0 Å². The van der Waals surface area contributed by atoms with Gasteiger partial charge in [-0.3, -0.25) is 0 Å². The van der Waals surface area contributed by atoms with Crippen LogP contribution in [0, 0.1) is 0 Å². The first-order valence-electron chi connectivity index (χ1n) is 0.765. The molecule has 1 aliphatic heterocycles. The predicted molar refractivity (Wildman–Crippen MR) is 9.63 cm³/mol. The molecule has 0 bridgehead atoms. The summed E-state index contributed by atoms with van der Waals surface area (Å²) in [5.74, 6) is 0. The van der Waals surface area contributed by atoms with Gasteiger partial charge >= 0.3 is 0 Å². The van der Waals surface area contributed by atoms with Gasteiger partial charge < -0.3 is 4.67 Å². The van der Waals surface area contributed by atoms with Crippen molar-refractivity contribution in [3.63, 3.8) is 0 Å². The lowest BCUT2D eigenvalue weighted by Gasteiger charge is -1.69. The van der Waals surface area contributed by atoms with Gasteiger partial charge in [-0.25, -0.2) is 0 Å². The highest BCUT2D eigenvalue weighted by atomic mass is 19.3. The van der Waals surface area contributed by atoms with Crippen molar-refractivity contribution in [2.24, 2.45) is 5.16 Å². The summed E-state index contributed by atoms with van der Waals surface area (Å²) in [6.45, 7) is 0. The molecule has 3 heteroatoms. The van der Waals surface area contributed by atoms with Crippen LogP contribution in [0.5, 0.6) is 0 Å². The number of hydrogen-bond acceptors (Lipinski definition) is 1. The summed E-state index contributed by atoms with van der Waals surface area (Å²) in [6, 6.07) is 0. The molecule has 0 amide bonds. The van der Waals surface area contributed by atoms with E-state index in [0.29, 0.717) is 4.67 Å². The Kier molecular flexibility index (Phi) is 0.103. The molecule has 0 atom stereocenters. The van der Waals surface area contributed by atoms with E-state index in [9.17, 15) is 4.53 Å². The molecule has 22 valence electrons. The quantitative estimate of drug-likeness (QED) is 0.282. The largest absolute Gasteiger partial charge is 0.341 e. The zero-order valence-corrected chi connectivity index (χ0v) is 1.73. The van der Waals surface area contributed by atoms with E-state index >= 15 is 0 Å². The van der Waals surface area contributed by atoms with Crippen molar-refractivity contribution in [2.75, 3.05) is 0 Å². The monoisotopic (exact) mass is 61.0 g/mol. The van der Waals surface area contributed by atoms with Gasteiger partial charge in [-0.2, -0.15) is 0 Å². The molecule has 0 fully saturated rings. The van der Waals surface area contributed by atoms with E-state index in [-0.39, 0.29) is 0 Å². The molecule has 1 rings (SSSR count). The first kappa shape index (κ1) is 1.69. The van der Waals surface area contributed by atoms with Crippen LogP contribution in [-0.4, -0.2) is 6.40 Å². The third-order valence-electron chi connectivity index (χ3n) is 0.160. The lowest BCUT2D eigenvalue weighted by molar-refractivity contribution is -0.180. The zero-order valence-electron chi connectivity index (χ0n) is 1.73. The highest BCUT2D eigenvalue weighted by Gasteiger charge is 1.95. The van der Waals surface area contributed by atoms with Gasteiger partial charge in [-0.05, 0) is 5.16 Å². The molecule has 0 spiro atoms. The normalized spacial score (nSPS) is 17.8. The minimum atomic E-state index is 0.708. The van der Waals surface area contributed by atoms with Crippen LogP contribution in [-0.2, 0) is 4.67 Å². The molecule has 0 aromatic rings. The third-order valence-corrected chi connectivity index (χ3v) is 0.160. The molecular weight excluding hydrogens is 61.0 g/mol. The molecule has 1 aliphatic rings. The molecule has 0 unspecified atom stereocenters. The number of nitrogens with zero attached hydrogens (tertiary/aromatic N) is 1. The molecule has 0 aromatic carbocycles. The highest BCUT2D eigenvalue weighted by molar-refractivity contribution is 5.55. The predicted octanol–water partition coefficient (Wildman–Crippen LogP) is 0.257. The second kappa shape index (κ2) is 0.243. The maximum absolute atomic E-state index is 10.6. The summed E-state index contributed by atoms with van der Waals surface area (Å²) in [5.41, 5.74) is 0.